The molecule has 0 spiro atoms. The molecule has 0 aromatic heterocycles. The zero-order valence-electron chi connectivity index (χ0n) is 15.3. The van der Waals surface area contributed by atoms with Gasteiger partial charge in [-0.25, -0.2) is 0 Å². The number of hydrogen-bond acceptors (Lipinski definition) is 1. The van der Waals surface area contributed by atoms with Gasteiger partial charge in [-0.05, 0) is 73.2 Å². The zero-order chi connectivity index (χ0) is 18.2. The molecule has 2 heteroatoms. The highest BCUT2D eigenvalue weighted by molar-refractivity contribution is 9.10. The average Bonchev–Trinajstić information content (AvgIpc) is 2.68. The predicted octanol–water partition coefficient (Wildman–Crippen LogP) is 6.13. The van der Waals surface area contributed by atoms with Crippen molar-refractivity contribution in [1.82, 2.24) is 5.32 Å². The van der Waals surface area contributed by atoms with Crippen LogP contribution in [-0.4, -0.2) is 13.6 Å². The Bertz CT molecular complexity index is 799. The topological polar surface area (TPSA) is 12.0 Å². The fourth-order valence-electron chi connectivity index (χ4n) is 3.52. The van der Waals surface area contributed by atoms with Gasteiger partial charge in [-0.15, -0.1) is 0 Å². The minimum Gasteiger partial charge on any atom is -0.319 e. The van der Waals surface area contributed by atoms with Crippen LogP contribution in [0.2, 0.25) is 0 Å². The number of halogens is 1. The Kier molecular flexibility index (Phi) is 7.04. The van der Waals surface area contributed by atoms with Gasteiger partial charge in [-0.1, -0.05) is 82.7 Å². The number of hydrogen-bond donors (Lipinski definition) is 1. The summed E-state index contributed by atoms with van der Waals surface area (Å²) in [6, 6.07) is 28.2. The van der Waals surface area contributed by atoms with E-state index in [0.717, 1.165) is 23.9 Å². The van der Waals surface area contributed by atoms with E-state index in [1.807, 2.05) is 0 Å². The van der Waals surface area contributed by atoms with E-state index >= 15 is 0 Å². The van der Waals surface area contributed by atoms with Crippen molar-refractivity contribution in [2.24, 2.45) is 5.92 Å². The highest BCUT2D eigenvalue weighted by Crippen LogP contribution is 2.29. The van der Waals surface area contributed by atoms with Crippen molar-refractivity contribution in [1.29, 1.82) is 0 Å². The van der Waals surface area contributed by atoms with E-state index in [-0.39, 0.29) is 0 Å². The van der Waals surface area contributed by atoms with E-state index in [9.17, 15) is 0 Å². The predicted molar refractivity (Wildman–Crippen MR) is 115 cm³/mol. The minimum atomic E-state index is 0.608. The molecule has 1 N–H and O–H groups in total. The number of benzene rings is 3. The Morgan fingerprint density at radius 2 is 1.58 bits per heavy atom. The van der Waals surface area contributed by atoms with E-state index in [2.05, 4.69) is 107 Å². The summed E-state index contributed by atoms with van der Waals surface area (Å²) in [5.41, 5.74) is 5.47. The second kappa shape index (κ2) is 9.70. The van der Waals surface area contributed by atoms with Crippen LogP contribution in [0.25, 0.3) is 11.1 Å². The summed E-state index contributed by atoms with van der Waals surface area (Å²) in [6.45, 7) is 1.04. The van der Waals surface area contributed by atoms with Crippen molar-refractivity contribution in [3.05, 3.63) is 94.5 Å². The molecule has 3 rings (SSSR count). The minimum absolute atomic E-state index is 0.608. The van der Waals surface area contributed by atoms with Gasteiger partial charge in [0.2, 0.25) is 0 Å². The highest BCUT2D eigenvalue weighted by Gasteiger charge is 2.13. The smallest absolute Gasteiger partial charge is 0.0178 e. The number of rotatable bonds is 8. The molecule has 3 aromatic rings. The first-order valence-electron chi connectivity index (χ1n) is 9.28. The molecule has 0 amide bonds. The molecule has 3 aromatic carbocycles. The van der Waals surface area contributed by atoms with Gasteiger partial charge < -0.3 is 5.32 Å². The summed E-state index contributed by atoms with van der Waals surface area (Å²) in [5, 5.41) is 3.39. The Labute approximate surface area is 165 Å². The molecule has 0 heterocycles. The zero-order valence-corrected chi connectivity index (χ0v) is 16.9. The number of nitrogens with one attached hydrogen (secondary N) is 1. The third kappa shape index (κ3) is 5.30. The van der Waals surface area contributed by atoms with Crippen LogP contribution in [0.15, 0.2) is 83.3 Å². The summed E-state index contributed by atoms with van der Waals surface area (Å²) < 4.78 is 1.15. The molecular formula is C24H26BrN. The first kappa shape index (κ1) is 18.9. The third-order valence-corrected chi connectivity index (χ3v) is 5.33. The van der Waals surface area contributed by atoms with Gasteiger partial charge in [0, 0.05) is 4.47 Å². The molecular weight excluding hydrogens is 382 g/mol. The van der Waals surface area contributed by atoms with Crippen molar-refractivity contribution < 1.29 is 0 Å². The Hall–Kier alpha value is -1.90. The molecule has 1 nitrogen and oxygen atoms in total. The number of aryl methyl sites for hydroxylation is 1. The maximum atomic E-state index is 3.66. The molecule has 0 saturated heterocycles. The monoisotopic (exact) mass is 407 g/mol. The highest BCUT2D eigenvalue weighted by atomic mass is 79.9. The Balaban J connectivity index is 1.79. The van der Waals surface area contributed by atoms with Gasteiger partial charge >= 0.3 is 0 Å². The third-order valence-electron chi connectivity index (χ3n) is 4.84. The lowest BCUT2D eigenvalue weighted by Crippen LogP contribution is -2.21. The summed E-state index contributed by atoms with van der Waals surface area (Å²) in [5.74, 6) is 0.608. The van der Waals surface area contributed by atoms with E-state index in [0.29, 0.717) is 5.92 Å². The van der Waals surface area contributed by atoms with Gasteiger partial charge in [0.1, 0.15) is 0 Å². The van der Waals surface area contributed by atoms with Gasteiger partial charge in [0.25, 0.3) is 0 Å². The van der Waals surface area contributed by atoms with Crippen LogP contribution in [0.1, 0.15) is 17.5 Å². The largest absolute Gasteiger partial charge is 0.319 e. The molecule has 134 valence electrons. The molecule has 26 heavy (non-hydrogen) atoms. The Morgan fingerprint density at radius 1 is 0.885 bits per heavy atom. The lowest BCUT2D eigenvalue weighted by Gasteiger charge is -2.19. The maximum absolute atomic E-state index is 3.66. The van der Waals surface area contributed by atoms with E-state index in [4.69, 9.17) is 0 Å². The fraction of sp³-hybridized carbons (Fsp3) is 0.250. The Morgan fingerprint density at radius 3 is 2.27 bits per heavy atom. The molecule has 0 aliphatic heterocycles. The lowest BCUT2D eigenvalue weighted by molar-refractivity contribution is 0.461. The van der Waals surface area contributed by atoms with Gasteiger partial charge in [-0.2, -0.15) is 0 Å². The van der Waals surface area contributed by atoms with E-state index in [1.165, 1.54) is 28.7 Å². The fourth-order valence-corrected chi connectivity index (χ4v) is 3.93. The van der Waals surface area contributed by atoms with Gasteiger partial charge in [-0.3, -0.25) is 0 Å². The summed E-state index contributed by atoms with van der Waals surface area (Å²) in [4.78, 5) is 0. The van der Waals surface area contributed by atoms with E-state index < -0.39 is 0 Å². The van der Waals surface area contributed by atoms with Crippen LogP contribution in [0, 0.1) is 5.92 Å². The average molecular weight is 408 g/mol. The van der Waals surface area contributed by atoms with Crippen LogP contribution in [-0.2, 0) is 12.8 Å². The standard InChI is InChI=1S/C24H26BrN/c1-26-18-20(13-12-19-8-4-2-5-9-19)16-22-17-23(25)14-15-24(22)21-10-6-3-7-11-21/h2-11,14-15,17,20,26H,12-13,16,18H2,1H3. The molecule has 0 bridgehead atoms. The molecule has 0 radical (unpaired) electrons. The maximum Gasteiger partial charge on any atom is 0.0178 e. The van der Waals surface area contributed by atoms with Gasteiger partial charge in [0.05, 0.1) is 0 Å². The second-order valence-corrected chi connectivity index (χ2v) is 7.74. The van der Waals surface area contributed by atoms with Crippen molar-refractivity contribution in [3.8, 4) is 11.1 Å². The SMILES string of the molecule is CNCC(CCc1ccccc1)Cc1cc(Br)ccc1-c1ccccc1. The van der Waals surface area contributed by atoms with Crippen molar-refractivity contribution >= 4 is 15.9 Å². The van der Waals surface area contributed by atoms with Crippen LogP contribution in [0.5, 0.6) is 0 Å². The molecule has 0 fully saturated rings. The lowest BCUT2D eigenvalue weighted by atomic mass is 9.89. The molecule has 1 atom stereocenters. The molecule has 1 unspecified atom stereocenters. The first-order chi connectivity index (χ1) is 12.8. The summed E-state index contributed by atoms with van der Waals surface area (Å²) >= 11 is 3.66. The van der Waals surface area contributed by atoms with Crippen LogP contribution in [0.3, 0.4) is 0 Å². The van der Waals surface area contributed by atoms with Crippen molar-refractivity contribution in [2.75, 3.05) is 13.6 Å². The molecule has 0 aliphatic rings. The van der Waals surface area contributed by atoms with Gasteiger partial charge in [0.15, 0.2) is 0 Å². The normalized spacial score (nSPS) is 12.1. The van der Waals surface area contributed by atoms with Crippen molar-refractivity contribution in [3.63, 3.8) is 0 Å². The van der Waals surface area contributed by atoms with Crippen LogP contribution in [0.4, 0.5) is 0 Å². The van der Waals surface area contributed by atoms with Crippen LogP contribution < -0.4 is 5.32 Å². The first-order valence-corrected chi connectivity index (χ1v) is 10.1. The van der Waals surface area contributed by atoms with E-state index in [1.54, 1.807) is 0 Å². The van der Waals surface area contributed by atoms with Crippen LogP contribution >= 0.6 is 15.9 Å². The summed E-state index contributed by atoms with van der Waals surface area (Å²) in [6.07, 6.45) is 3.39. The second-order valence-electron chi connectivity index (χ2n) is 6.82. The quantitative estimate of drug-likeness (QED) is 0.473. The summed E-state index contributed by atoms with van der Waals surface area (Å²) in [7, 11) is 2.05. The molecule has 0 aliphatic carbocycles. The van der Waals surface area contributed by atoms with Crippen molar-refractivity contribution in [2.45, 2.75) is 19.3 Å². The molecule has 0 saturated carbocycles.